The van der Waals surface area contributed by atoms with Crippen LogP contribution in [0.3, 0.4) is 0 Å². The van der Waals surface area contributed by atoms with Crippen LogP contribution < -0.4 is 34.2 Å². The molecule has 4 amide bonds. The monoisotopic (exact) mass is 870 g/mol. The lowest BCUT2D eigenvalue weighted by atomic mass is 9.94. The lowest BCUT2D eigenvalue weighted by Crippen LogP contribution is -2.49. The molecule has 0 bridgehead atoms. The summed E-state index contributed by atoms with van der Waals surface area (Å²) in [7, 11) is 5.06. The number of carbonyl (C=O) groups excluding carboxylic acids is 3. The van der Waals surface area contributed by atoms with Crippen LogP contribution in [0.5, 0.6) is 17.2 Å². The van der Waals surface area contributed by atoms with Gasteiger partial charge in [0.15, 0.2) is 11.6 Å². The molecule has 0 spiro atoms. The second-order valence-electron chi connectivity index (χ2n) is 17.8. The minimum Gasteiger partial charge on any atom is -0.496 e. The number of carbonyl (C=O) groups is 3. The van der Waals surface area contributed by atoms with Crippen LogP contribution in [0, 0.1) is 5.92 Å². The number of aryl methyl sites for hydroxylation is 1. The topological polar surface area (TPSA) is 142 Å². The summed E-state index contributed by atoms with van der Waals surface area (Å²) in [6.07, 6.45) is 12.8. The van der Waals surface area contributed by atoms with E-state index in [1.54, 1.807) is 39.3 Å². The highest BCUT2D eigenvalue weighted by Crippen LogP contribution is 2.46. The standard InChI is InChI=1S/C48H58N10O6/c1-31(59)54-22-14-38-37(29-54)47(56-17-6-7-33-25-35(42(62-2)27-41(33)56)36-26-44-49-16-24-55(44)30-43(36)63-3)51-58(38)34-12-18-52(19-13-34)28-32-10-20-53(21-11-32)39-8-5-9-40(46(39)64-4)57-23-15-45(60)50-48(57)61/h5,8-9,16,24-27,30,32,34H,6-7,10-15,17-23,28-29H2,1-4H3,(H,50,60,61). The smallest absolute Gasteiger partial charge is 0.328 e. The molecule has 5 aromatic rings. The number of imide groups is 1. The zero-order chi connectivity index (χ0) is 44.1. The number of hydrogen-bond donors (Lipinski definition) is 1. The Morgan fingerprint density at radius 3 is 2.34 bits per heavy atom. The first-order valence-electron chi connectivity index (χ1n) is 22.8. The number of hydrogen-bond acceptors (Lipinski definition) is 11. The lowest BCUT2D eigenvalue weighted by Gasteiger charge is -2.39. The van der Waals surface area contributed by atoms with E-state index in [0.717, 1.165) is 135 Å². The number of benzene rings is 2. The Kier molecular flexibility index (Phi) is 11.3. The molecular weight excluding hydrogens is 813 g/mol. The summed E-state index contributed by atoms with van der Waals surface area (Å²) in [6, 6.07) is 12.3. The Balaban J connectivity index is 0.843. The van der Waals surface area contributed by atoms with Crippen molar-refractivity contribution in [1.29, 1.82) is 0 Å². The van der Waals surface area contributed by atoms with Crippen LogP contribution in [0.2, 0.25) is 0 Å². The molecule has 336 valence electrons. The zero-order valence-corrected chi connectivity index (χ0v) is 37.3. The number of aromatic nitrogens is 4. The third-order valence-corrected chi connectivity index (χ3v) is 14.2. The molecule has 5 aliphatic heterocycles. The SMILES string of the molecule is COc1cc2c(cc1-c1cc3nccn3cc1OC)CCCN2c1nn(C2CCN(CC3CCN(c4cccc(N5CCC(=O)NC5=O)c4OC)CC3)CC2)c2c1CN(C(C)=O)CC2. The Morgan fingerprint density at radius 2 is 1.59 bits per heavy atom. The second-order valence-corrected chi connectivity index (χ2v) is 17.8. The number of methoxy groups -OCH3 is 3. The van der Waals surface area contributed by atoms with Gasteiger partial charge in [-0.05, 0) is 74.3 Å². The molecule has 1 N–H and O–H groups in total. The van der Waals surface area contributed by atoms with Crippen molar-refractivity contribution in [1.82, 2.24) is 34.3 Å². The van der Waals surface area contributed by atoms with Gasteiger partial charge in [-0.1, -0.05) is 6.07 Å². The molecule has 0 aliphatic carbocycles. The molecule has 0 radical (unpaired) electrons. The predicted octanol–water partition coefficient (Wildman–Crippen LogP) is 6.21. The molecule has 8 heterocycles. The Labute approximate surface area is 373 Å². The Bertz CT molecular complexity index is 2590. The Hall–Kier alpha value is -6.29. The average molecular weight is 871 g/mol. The maximum absolute atomic E-state index is 12.8. The van der Waals surface area contributed by atoms with Crippen molar-refractivity contribution in [3.63, 3.8) is 0 Å². The van der Waals surface area contributed by atoms with Gasteiger partial charge in [0.1, 0.15) is 17.1 Å². The number of rotatable bonds is 10. The minimum atomic E-state index is -0.410. The first-order chi connectivity index (χ1) is 31.2. The van der Waals surface area contributed by atoms with Gasteiger partial charge < -0.3 is 38.2 Å². The number of amides is 4. The number of ether oxygens (including phenoxy) is 3. The maximum atomic E-state index is 12.8. The summed E-state index contributed by atoms with van der Waals surface area (Å²) in [4.78, 5) is 52.8. The summed E-state index contributed by atoms with van der Waals surface area (Å²) < 4.78 is 22.2. The van der Waals surface area contributed by atoms with E-state index in [4.69, 9.17) is 19.3 Å². The molecule has 3 aromatic heterocycles. The number of fused-ring (bicyclic) bond motifs is 3. The van der Waals surface area contributed by atoms with Gasteiger partial charge in [-0.3, -0.25) is 24.5 Å². The van der Waals surface area contributed by atoms with Gasteiger partial charge in [-0.2, -0.15) is 5.10 Å². The number of nitrogens with one attached hydrogen (secondary N) is 1. The first-order valence-corrected chi connectivity index (χ1v) is 22.8. The van der Waals surface area contributed by atoms with Crippen LogP contribution in [-0.4, -0.2) is 120 Å². The lowest BCUT2D eigenvalue weighted by molar-refractivity contribution is -0.129. The van der Waals surface area contributed by atoms with Crippen molar-refractivity contribution >= 4 is 46.4 Å². The molecule has 2 aromatic carbocycles. The van der Waals surface area contributed by atoms with Crippen molar-refractivity contribution in [2.24, 2.45) is 5.92 Å². The summed E-state index contributed by atoms with van der Waals surface area (Å²) in [5.74, 6) is 3.57. The summed E-state index contributed by atoms with van der Waals surface area (Å²) >= 11 is 0. The van der Waals surface area contributed by atoms with Crippen LogP contribution >= 0.6 is 0 Å². The van der Waals surface area contributed by atoms with E-state index in [0.29, 0.717) is 37.0 Å². The van der Waals surface area contributed by atoms with Crippen molar-refractivity contribution in [3.8, 4) is 28.4 Å². The first kappa shape index (κ1) is 41.7. The van der Waals surface area contributed by atoms with Crippen molar-refractivity contribution < 1.29 is 28.6 Å². The van der Waals surface area contributed by atoms with Crippen LogP contribution in [-0.2, 0) is 29.0 Å². The molecule has 0 saturated carbocycles. The molecule has 16 nitrogen and oxygen atoms in total. The number of piperidine rings is 2. The van der Waals surface area contributed by atoms with E-state index in [9.17, 15) is 14.4 Å². The van der Waals surface area contributed by atoms with Gasteiger partial charge in [0.25, 0.3) is 0 Å². The van der Waals surface area contributed by atoms with Gasteiger partial charge in [0, 0.05) is 119 Å². The maximum Gasteiger partial charge on any atom is 0.328 e. The molecule has 64 heavy (non-hydrogen) atoms. The van der Waals surface area contributed by atoms with Crippen LogP contribution in [0.4, 0.5) is 27.7 Å². The third kappa shape index (κ3) is 7.64. The summed E-state index contributed by atoms with van der Waals surface area (Å²) in [5, 5.41) is 7.95. The molecular formula is C48H58N10O6. The largest absolute Gasteiger partial charge is 0.496 e. The van der Waals surface area contributed by atoms with E-state index in [1.165, 1.54) is 11.3 Å². The molecule has 10 rings (SSSR count). The van der Waals surface area contributed by atoms with Gasteiger partial charge in [-0.25, -0.2) is 9.78 Å². The number of anilines is 4. The number of imidazole rings is 1. The predicted molar refractivity (Wildman–Crippen MR) is 244 cm³/mol. The molecule has 0 unspecified atom stereocenters. The third-order valence-electron chi connectivity index (χ3n) is 14.2. The van der Waals surface area contributed by atoms with E-state index in [1.807, 2.05) is 33.8 Å². The van der Waals surface area contributed by atoms with Gasteiger partial charge in [0.2, 0.25) is 11.8 Å². The minimum absolute atomic E-state index is 0.0927. The fourth-order valence-electron chi connectivity index (χ4n) is 10.8. The van der Waals surface area contributed by atoms with E-state index in [-0.39, 0.29) is 24.3 Å². The average Bonchev–Trinajstić information content (AvgIpc) is 3.95. The number of likely N-dealkylation sites (tertiary alicyclic amines) is 1. The van der Waals surface area contributed by atoms with Crippen LogP contribution in [0.25, 0.3) is 16.8 Å². The molecule has 3 fully saturated rings. The van der Waals surface area contributed by atoms with Gasteiger partial charge in [0.05, 0.1) is 51.5 Å². The highest BCUT2D eigenvalue weighted by atomic mass is 16.5. The number of para-hydroxylation sites is 1. The number of nitrogens with zero attached hydrogens (tertiary/aromatic N) is 9. The van der Waals surface area contributed by atoms with E-state index < -0.39 is 6.03 Å². The highest BCUT2D eigenvalue weighted by Gasteiger charge is 2.36. The molecule has 16 heteroatoms. The van der Waals surface area contributed by atoms with Crippen molar-refractivity contribution in [2.45, 2.75) is 70.9 Å². The fraction of sp³-hybridized carbons (Fsp3) is 0.479. The summed E-state index contributed by atoms with van der Waals surface area (Å²) in [5.41, 5.74) is 9.16. The normalized spacial score (nSPS) is 18.9. The van der Waals surface area contributed by atoms with Gasteiger partial charge in [-0.15, -0.1) is 0 Å². The van der Waals surface area contributed by atoms with Crippen LogP contribution in [0.1, 0.15) is 68.3 Å². The van der Waals surface area contributed by atoms with E-state index in [2.05, 4.69) is 53.9 Å². The molecule has 0 atom stereocenters. The number of urea groups is 1. The highest BCUT2D eigenvalue weighted by molar-refractivity contribution is 6.06. The molecule has 3 saturated heterocycles. The fourth-order valence-corrected chi connectivity index (χ4v) is 10.8. The van der Waals surface area contributed by atoms with Crippen LogP contribution in [0.15, 0.2) is 55.0 Å². The van der Waals surface area contributed by atoms with Crippen molar-refractivity contribution in [3.05, 3.63) is 71.8 Å². The molecule has 5 aliphatic rings. The quantitative estimate of drug-likeness (QED) is 0.171. The van der Waals surface area contributed by atoms with Crippen molar-refractivity contribution in [2.75, 3.05) is 88.4 Å². The van der Waals surface area contributed by atoms with E-state index >= 15 is 0 Å². The second kappa shape index (κ2) is 17.4. The Morgan fingerprint density at radius 1 is 0.812 bits per heavy atom. The summed E-state index contributed by atoms with van der Waals surface area (Å²) in [6.45, 7) is 9.02. The number of pyridine rings is 1. The zero-order valence-electron chi connectivity index (χ0n) is 37.3. The van der Waals surface area contributed by atoms with Gasteiger partial charge >= 0.3 is 6.03 Å².